The van der Waals surface area contributed by atoms with Crippen LogP contribution < -0.4 is 15.2 Å². The van der Waals surface area contributed by atoms with Crippen LogP contribution in [0.4, 0.5) is 0 Å². The molecular formula is C15H20N4O2. The van der Waals surface area contributed by atoms with E-state index in [0.717, 1.165) is 41.4 Å². The maximum Gasteiger partial charge on any atom is 0.144 e. The summed E-state index contributed by atoms with van der Waals surface area (Å²) < 4.78 is 12.6. The Morgan fingerprint density at radius 3 is 2.67 bits per heavy atom. The van der Waals surface area contributed by atoms with E-state index >= 15 is 0 Å². The zero-order chi connectivity index (χ0) is 14.8. The first-order valence-electron chi connectivity index (χ1n) is 7.15. The molecule has 1 aliphatic carbocycles. The number of ether oxygens (including phenoxy) is 2. The normalized spacial score (nSPS) is 14.8. The standard InChI is InChI=1S/C15H20N4O2/c1-20-11-6-7-14(21-2)13(8-11)19-15(10-4-3-5-10)12(9-16)17-18-19/h6-8,10H,3-5,9,16H2,1-2H3. The van der Waals surface area contributed by atoms with Gasteiger partial charge in [-0.3, -0.25) is 0 Å². The molecule has 0 atom stereocenters. The molecule has 0 amide bonds. The highest BCUT2D eigenvalue weighted by Crippen LogP contribution is 2.39. The number of hydrogen-bond acceptors (Lipinski definition) is 5. The molecule has 1 aliphatic rings. The number of hydrogen-bond donors (Lipinski definition) is 1. The largest absolute Gasteiger partial charge is 0.497 e. The quantitative estimate of drug-likeness (QED) is 0.911. The fourth-order valence-corrected chi connectivity index (χ4v) is 2.70. The Balaban J connectivity index is 2.13. The van der Waals surface area contributed by atoms with E-state index < -0.39 is 0 Å². The van der Waals surface area contributed by atoms with Crippen molar-refractivity contribution in [1.29, 1.82) is 0 Å². The molecule has 21 heavy (non-hydrogen) atoms. The van der Waals surface area contributed by atoms with Crippen LogP contribution in [-0.2, 0) is 6.54 Å². The Labute approximate surface area is 123 Å². The Hall–Kier alpha value is -2.08. The van der Waals surface area contributed by atoms with Crippen molar-refractivity contribution in [3.05, 3.63) is 29.6 Å². The van der Waals surface area contributed by atoms with Crippen molar-refractivity contribution < 1.29 is 9.47 Å². The van der Waals surface area contributed by atoms with Crippen LogP contribution in [0.5, 0.6) is 11.5 Å². The lowest BCUT2D eigenvalue weighted by Crippen LogP contribution is -2.17. The predicted octanol–water partition coefficient (Wildman–Crippen LogP) is 2.01. The minimum Gasteiger partial charge on any atom is -0.497 e. The second-order valence-electron chi connectivity index (χ2n) is 5.20. The van der Waals surface area contributed by atoms with Gasteiger partial charge in [-0.1, -0.05) is 11.6 Å². The van der Waals surface area contributed by atoms with Crippen LogP contribution in [-0.4, -0.2) is 29.2 Å². The third kappa shape index (κ3) is 2.35. The molecule has 0 spiro atoms. The molecule has 0 saturated heterocycles. The molecule has 1 saturated carbocycles. The van der Waals surface area contributed by atoms with Gasteiger partial charge < -0.3 is 15.2 Å². The van der Waals surface area contributed by atoms with Gasteiger partial charge in [0.25, 0.3) is 0 Å². The van der Waals surface area contributed by atoms with Crippen molar-refractivity contribution in [1.82, 2.24) is 15.0 Å². The summed E-state index contributed by atoms with van der Waals surface area (Å²) in [7, 11) is 3.29. The van der Waals surface area contributed by atoms with Crippen molar-refractivity contribution in [3.63, 3.8) is 0 Å². The Bertz CT molecular complexity index is 635. The van der Waals surface area contributed by atoms with E-state index in [2.05, 4.69) is 10.3 Å². The van der Waals surface area contributed by atoms with Crippen molar-refractivity contribution in [2.24, 2.45) is 5.73 Å². The summed E-state index contributed by atoms with van der Waals surface area (Å²) in [5.41, 5.74) is 8.62. The highest BCUT2D eigenvalue weighted by molar-refractivity contribution is 5.52. The predicted molar refractivity (Wildman–Crippen MR) is 78.9 cm³/mol. The summed E-state index contributed by atoms with van der Waals surface area (Å²) in [4.78, 5) is 0. The Morgan fingerprint density at radius 2 is 2.10 bits per heavy atom. The first-order valence-corrected chi connectivity index (χ1v) is 7.15. The van der Waals surface area contributed by atoms with Gasteiger partial charge in [-0.25, -0.2) is 4.68 Å². The number of aromatic nitrogens is 3. The molecule has 0 unspecified atom stereocenters. The van der Waals surface area contributed by atoms with E-state index in [-0.39, 0.29) is 0 Å². The van der Waals surface area contributed by atoms with E-state index in [1.807, 2.05) is 22.9 Å². The molecule has 0 radical (unpaired) electrons. The van der Waals surface area contributed by atoms with Crippen LogP contribution in [0, 0.1) is 0 Å². The third-order valence-corrected chi connectivity index (χ3v) is 4.08. The third-order valence-electron chi connectivity index (χ3n) is 4.08. The number of nitrogens with zero attached hydrogens (tertiary/aromatic N) is 3. The molecule has 112 valence electrons. The first kappa shape index (κ1) is 13.9. The SMILES string of the molecule is COc1ccc(OC)c(-n2nnc(CN)c2C2CCC2)c1. The summed E-state index contributed by atoms with van der Waals surface area (Å²) in [6, 6.07) is 5.66. The molecule has 2 aromatic rings. The van der Waals surface area contributed by atoms with E-state index in [1.54, 1.807) is 14.2 Å². The van der Waals surface area contributed by atoms with Crippen molar-refractivity contribution in [2.45, 2.75) is 31.7 Å². The highest BCUT2D eigenvalue weighted by atomic mass is 16.5. The molecule has 6 heteroatoms. The maximum absolute atomic E-state index is 5.81. The molecule has 6 nitrogen and oxygen atoms in total. The van der Waals surface area contributed by atoms with Gasteiger partial charge in [0.15, 0.2) is 0 Å². The molecule has 1 aromatic heterocycles. The van der Waals surface area contributed by atoms with Crippen molar-refractivity contribution in [2.75, 3.05) is 14.2 Å². The van der Waals surface area contributed by atoms with Gasteiger partial charge in [0.2, 0.25) is 0 Å². The topological polar surface area (TPSA) is 75.2 Å². The summed E-state index contributed by atoms with van der Waals surface area (Å²) in [5, 5.41) is 8.53. The minimum atomic E-state index is 0.401. The van der Waals surface area contributed by atoms with E-state index in [1.165, 1.54) is 6.42 Å². The van der Waals surface area contributed by atoms with Gasteiger partial charge in [0.05, 0.1) is 19.9 Å². The van der Waals surface area contributed by atoms with Crippen LogP contribution in [0.25, 0.3) is 5.69 Å². The van der Waals surface area contributed by atoms with Gasteiger partial charge in [0, 0.05) is 18.5 Å². The highest BCUT2D eigenvalue weighted by Gasteiger charge is 2.28. The van der Waals surface area contributed by atoms with Crippen LogP contribution in [0.15, 0.2) is 18.2 Å². The summed E-state index contributed by atoms with van der Waals surface area (Å²) in [6.07, 6.45) is 3.56. The van der Waals surface area contributed by atoms with Gasteiger partial charge >= 0.3 is 0 Å². The van der Waals surface area contributed by atoms with E-state index in [4.69, 9.17) is 15.2 Å². The fourth-order valence-electron chi connectivity index (χ4n) is 2.70. The summed E-state index contributed by atoms with van der Waals surface area (Å²) in [6.45, 7) is 0.401. The van der Waals surface area contributed by atoms with Crippen molar-refractivity contribution >= 4 is 0 Å². The van der Waals surface area contributed by atoms with Crippen LogP contribution in [0.1, 0.15) is 36.6 Å². The summed E-state index contributed by atoms with van der Waals surface area (Å²) in [5.74, 6) is 1.98. The number of benzene rings is 1. The number of nitrogens with two attached hydrogens (primary N) is 1. The molecule has 1 fully saturated rings. The zero-order valence-corrected chi connectivity index (χ0v) is 12.4. The van der Waals surface area contributed by atoms with Gasteiger partial charge in [-0.15, -0.1) is 5.10 Å². The molecule has 0 bridgehead atoms. The Morgan fingerprint density at radius 1 is 1.29 bits per heavy atom. The van der Waals surface area contributed by atoms with Gasteiger partial charge in [0.1, 0.15) is 22.9 Å². The van der Waals surface area contributed by atoms with E-state index in [9.17, 15) is 0 Å². The Kier molecular flexibility index (Phi) is 3.79. The lowest BCUT2D eigenvalue weighted by atomic mass is 9.82. The molecular weight excluding hydrogens is 268 g/mol. The summed E-state index contributed by atoms with van der Waals surface area (Å²) >= 11 is 0. The molecule has 0 aliphatic heterocycles. The molecule has 1 aromatic carbocycles. The molecule has 2 N–H and O–H groups in total. The van der Waals surface area contributed by atoms with Crippen LogP contribution in [0.3, 0.4) is 0 Å². The zero-order valence-electron chi connectivity index (χ0n) is 12.4. The van der Waals surface area contributed by atoms with Crippen LogP contribution in [0.2, 0.25) is 0 Å². The van der Waals surface area contributed by atoms with Gasteiger partial charge in [-0.05, 0) is 25.0 Å². The lowest BCUT2D eigenvalue weighted by molar-refractivity contribution is 0.388. The second-order valence-corrected chi connectivity index (χ2v) is 5.20. The molecule has 3 rings (SSSR count). The average Bonchev–Trinajstić information content (AvgIpc) is 2.88. The maximum atomic E-state index is 5.81. The monoisotopic (exact) mass is 288 g/mol. The minimum absolute atomic E-state index is 0.401. The smallest absolute Gasteiger partial charge is 0.144 e. The molecule has 1 heterocycles. The van der Waals surface area contributed by atoms with Crippen molar-refractivity contribution in [3.8, 4) is 17.2 Å². The lowest BCUT2D eigenvalue weighted by Gasteiger charge is -2.27. The number of rotatable bonds is 5. The first-order chi connectivity index (χ1) is 10.3. The fraction of sp³-hybridized carbons (Fsp3) is 0.467. The number of methoxy groups -OCH3 is 2. The van der Waals surface area contributed by atoms with Crippen LogP contribution >= 0.6 is 0 Å². The van der Waals surface area contributed by atoms with E-state index in [0.29, 0.717) is 12.5 Å². The second kappa shape index (κ2) is 5.73. The van der Waals surface area contributed by atoms with Gasteiger partial charge in [-0.2, -0.15) is 0 Å². The average molecular weight is 288 g/mol.